The van der Waals surface area contributed by atoms with Crippen LogP contribution in [0.2, 0.25) is 0 Å². The second kappa shape index (κ2) is 10.1. The van der Waals surface area contributed by atoms with E-state index in [0.29, 0.717) is 11.8 Å². The molecule has 1 aliphatic carbocycles. The molecular formula is C37H38N4S. The molecule has 0 fully saturated rings. The number of nitrogens with one attached hydrogen (secondary N) is 2. The number of fused-ring (bicyclic) bond motifs is 8. The topological polar surface area (TPSA) is 53.6 Å². The quantitative estimate of drug-likeness (QED) is 0.203. The molecule has 7 rings (SSSR count). The van der Waals surface area contributed by atoms with Gasteiger partial charge in [-0.1, -0.05) is 63.6 Å². The summed E-state index contributed by atoms with van der Waals surface area (Å²) >= 11 is 1.91. The smallest absolute Gasteiger partial charge is 0.109 e. The maximum Gasteiger partial charge on any atom is 0.109 e. The summed E-state index contributed by atoms with van der Waals surface area (Å²) in [5.41, 5.74) is 12.5. The van der Waals surface area contributed by atoms with Gasteiger partial charge < -0.3 is 10.3 Å². The van der Waals surface area contributed by atoms with Gasteiger partial charge in [-0.05, 0) is 79.8 Å². The highest BCUT2D eigenvalue weighted by molar-refractivity contribution is 7.22. The third-order valence-corrected chi connectivity index (χ3v) is 10.1. The number of hydrogen-bond acceptors (Lipinski definition) is 4. The van der Waals surface area contributed by atoms with E-state index in [1.807, 2.05) is 23.6 Å². The number of anilines is 1. The first-order valence-electron chi connectivity index (χ1n) is 15.1. The molecule has 3 aromatic heterocycles. The number of H-pyrrole nitrogens is 1. The van der Waals surface area contributed by atoms with Crippen molar-refractivity contribution in [3.05, 3.63) is 88.6 Å². The van der Waals surface area contributed by atoms with Crippen molar-refractivity contribution in [3.8, 4) is 21.7 Å². The van der Waals surface area contributed by atoms with Crippen LogP contribution in [0.5, 0.6) is 0 Å². The van der Waals surface area contributed by atoms with Crippen LogP contribution in [0, 0.1) is 12.8 Å². The summed E-state index contributed by atoms with van der Waals surface area (Å²) in [6.07, 6.45) is 3.94. The Bertz CT molecular complexity index is 2050. The van der Waals surface area contributed by atoms with Gasteiger partial charge in [0.15, 0.2) is 0 Å². The van der Waals surface area contributed by atoms with Crippen molar-refractivity contribution in [2.75, 3.05) is 5.32 Å². The van der Waals surface area contributed by atoms with E-state index in [1.54, 1.807) is 0 Å². The SMILES string of the molecule is CC(C)=C(Nc1c(C)c2cccnc2c2cc(-c3cc4ccc5c(c4s3)CCc3nc(C(C)C)[nH]c3-5)ccc12)C(C)C. The fraction of sp³-hybridized carbons (Fsp3) is 0.297. The largest absolute Gasteiger partial charge is 0.358 e. The molecule has 0 radical (unpaired) electrons. The molecule has 3 heterocycles. The van der Waals surface area contributed by atoms with Crippen molar-refractivity contribution < 1.29 is 0 Å². The van der Waals surface area contributed by atoms with Crippen molar-refractivity contribution in [3.63, 3.8) is 0 Å². The molecule has 0 saturated heterocycles. The highest BCUT2D eigenvalue weighted by atomic mass is 32.1. The van der Waals surface area contributed by atoms with Crippen LogP contribution in [0.3, 0.4) is 0 Å². The molecule has 6 aromatic rings. The first kappa shape index (κ1) is 26.9. The first-order valence-corrected chi connectivity index (χ1v) is 15.9. The Morgan fingerprint density at radius 2 is 1.79 bits per heavy atom. The lowest BCUT2D eigenvalue weighted by Crippen LogP contribution is -2.10. The lowest BCUT2D eigenvalue weighted by atomic mass is 9.91. The molecule has 0 spiro atoms. The number of aromatic nitrogens is 3. The van der Waals surface area contributed by atoms with E-state index < -0.39 is 0 Å². The third-order valence-electron chi connectivity index (χ3n) is 8.81. The number of nitrogens with zero attached hydrogens (tertiary/aromatic N) is 2. The van der Waals surface area contributed by atoms with Crippen molar-refractivity contribution in [2.24, 2.45) is 5.92 Å². The molecule has 1 aliphatic rings. The average molecular weight is 571 g/mol. The number of allylic oxidation sites excluding steroid dienone is 2. The van der Waals surface area contributed by atoms with Crippen molar-refractivity contribution in [1.82, 2.24) is 15.0 Å². The molecule has 0 unspecified atom stereocenters. The summed E-state index contributed by atoms with van der Waals surface area (Å²) in [6, 6.07) is 18.1. The number of imidazole rings is 1. The summed E-state index contributed by atoms with van der Waals surface area (Å²) in [4.78, 5) is 14.7. The van der Waals surface area contributed by atoms with Crippen LogP contribution in [0.15, 0.2) is 66.0 Å². The summed E-state index contributed by atoms with van der Waals surface area (Å²) in [7, 11) is 0. The highest BCUT2D eigenvalue weighted by Gasteiger charge is 2.24. The zero-order valence-corrected chi connectivity index (χ0v) is 26.4. The Morgan fingerprint density at radius 1 is 0.952 bits per heavy atom. The van der Waals surface area contributed by atoms with Gasteiger partial charge in [-0.3, -0.25) is 4.98 Å². The van der Waals surface area contributed by atoms with Crippen molar-refractivity contribution in [1.29, 1.82) is 0 Å². The maximum atomic E-state index is 4.92. The van der Waals surface area contributed by atoms with Crippen molar-refractivity contribution in [2.45, 2.75) is 67.2 Å². The van der Waals surface area contributed by atoms with E-state index in [9.17, 15) is 0 Å². The van der Waals surface area contributed by atoms with E-state index in [0.717, 1.165) is 24.2 Å². The maximum absolute atomic E-state index is 4.92. The van der Waals surface area contributed by atoms with Crippen LogP contribution in [0.25, 0.3) is 53.5 Å². The van der Waals surface area contributed by atoms with Crippen molar-refractivity contribution >= 4 is 48.8 Å². The minimum Gasteiger partial charge on any atom is -0.358 e. The Balaban J connectivity index is 1.39. The fourth-order valence-corrected chi connectivity index (χ4v) is 7.88. The van der Waals surface area contributed by atoms with Gasteiger partial charge in [0.2, 0.25) is 0 Å². The van der Waals surface area contributed by atoms with Crippen LogP contribution in [0.4, 0.5) is 5.69 Å². The molecular weight excluding hydrogens is 533 g/mol. The summed E-state index contributed by atoms with van der Waals surface area (Å²) in [6.45, 7) is 15.5. The van der Waals surface area contributed by atoms with Gasteiger partial charge in [-0.15, -0.1) is 11.3 Å². The molecule has 0 atom stereocenters. The number of pyridine rings is 1. The number of benzene rings is 3. The van der Waals surface area contributed by atoms with Gasteiger partial charge in [-0.25, -0.2) is 4.98 Å². The molecule has 2 N–H and O–H groups in total. The molecule has 0 amide bonds. The van der Waals surface area contributed by atoms with E-state index in [1.165, 1.54) is 81.7 Å². The minimum atomic E-state index is 0.396. The monoisotopic (exact) mass is 570 g/mol. The molecule has 0 saturated carbocycles. The van der Waals surface area contributed by atoms with E-state index in [4.69, 9.17) is 9.97 Å². The Kier molecular flexibility index (Phi) is 6.47. The van der Waals surface area contributed by atoms with Crippen LogP contribution in [-0.4, -0.2) is 15.0 Å². The minimum absolute atomic E-state index is 0.396. The molecule has 5 heteroatoms. The Morgan fingerprint density at radius 3 is 2.55 bits per heavy atom. The van der Waals surface area contributed by atoms with Gasteiger partial charge in [0.05, 0.1) is 16.9 Å². The zero-order valence-electron chi connectivity index (χ0n) is 25.6. The predicted octanol–water partition coefficient (Wildman–Crippen LogP) is 10.6. The summed E-state index contributed by atoms with van der Waals surface area (Å²) in [5, 5.41) is 8.78. The summed E-state index contributed by atoms with van der Waals surface area (Å²) in [5.74, 6) is 1.90. The van der Waals surface area contributed by atoms with Crippen LogP contribution in [0.1, 0.15) is 70.1 Å². The third kappa shape index (κ3) is 4.25. The second-order valence-corrected chi connectivity index (χ2v) is 13.6. The fourth-order valence-electron chi connectivity index (χ4n) is 6.65. The van der Waals surface area contributed by atoms with E-state index in [-0.39, 0.29) is 0 Å². The van der Waals surface area contributed by atoms with Gasteiger partial charge in [0.1, 0.15) is 5.82 Å². The normalized spacial score (nSPS) is 12.9. The average Bonchev–Trinajstić information content (AvgIpc) is 3.62. The van der Waals surface area contributed by atoms with Gasteiger partial charge in [-0.2, -0.15) is 0 Å². The zero-order chi connectivity index (χ0) is 29.3. The van der Waals surface area contributed by atoms with E-state index in [2.05, 4.69) is 101 Å². The molecule has 0 aliphatic heterocycles. The number of aromatic amines is 1. The van der Waals surface area contributed by atoms with Crippen LogP contribution >= 0.6 is 11.3 Å². The Hall–Kier alpha value is -3.96. The van der Waals surface area contributed by atoms with Gasteiger partial charge in [0, 0.05) is 54.8 Å². The second-order valence-electron chi connectivity index (χ2n) is 12.6. The summed E-state index contributed by atoms with van der Waals surface area (Å²) < 4.78 is 1.40. The molecule has 42 heavy (non-hydrogen) atoms. The standard InChI is InChI=1S/C37H38N4S/c1-19(2)32(20(3)4)40-33-22(7)25-9-8-16-38-34(25)29-17-23(10-12-27(29)33)31-18-24-11-13-26-28(36(24)42-31)14-15-30-35(26)41-37(39-30)21(5)6/h8-13,16-19,21,40H,14-15H2,1-7H3,(H,39,41). The number of hydrogen-bond donors (Lipinski definition) is 2. The number of rotatable bonds is 5. The van der Waals surface area contributed by atoms with Gasteiger partial charge in [0.25, 0.3) is 0 Å². The number of thiophene rings is 1. The predicted molar refractivity (Wildman–Crippen MR) is 181 cm³/mol. The Labute approximate surface area is 251 Å². The molecule has 212 valence electrons. The highest BCUT2D eigenvalue weighted by Crippen LogP contribution is 2.44. The first-order chi connectivity index (χ1) is 20.2. The molecule has 3 aromatic carbocycles. The number of aryl methyl sites for hydroxylation is 3. The van der Waals surface area contributed by atoms with Crippen LogP contribution < -0.4 is 5.32 Å². The lowest BCUT2D eigenvalue weighted by molar-refractivity contribution is 0.762. The van der Waals surface area contributed by atoms with E-state index >= 15 is 0 Å². The molecule has 4 nitrogen and oxygen atoms in total. The van der Waals surface area contributed by atoms with Crippen LogP contribution in [-0.2, 0) is 12.8 Å². The molecule has 0 bridgehead atoms. The lowest BCUT2D eigenvalue weighted by Gasteiger charge is -2.21. The van der Waals surface area contributed by atoms with Gasteiger partial charge >= 0.3 is 0 Å².